The van der Waals surface area contributed by atoms with Gasteiger partial charge in [-0.05, 0) is 36.8 Å². The molecule has 0 aliphatic carbocycles. The predicted molar refractivity (Wildman–Crippen MR) is 82.7 cm³/mol. The molecule has 98 valence electrons. The number of nitrogens with one attached hydrogen (secondary N) is 1. The van der Waals surface area contributed by atoms with E-state index in [0.717, 1.165) is 22.8 Å². The lowest BCUT2D eigenvalue weighted by molar-refractivity contribution is 0.415. The van der Waals surface area contributed by atoms with Crippen molar-refractivity contribution in [2.75, 3.05) is 7.11 Å². The van der Waals surface area contributed by atoms with Crippen LogP contribution in [0, 0.1) is 6.92 Å². The predicted octanol–water partition coefficient (Wildman–Crippen LogP) is 3.47. The molecular weight excluding hydrogens is 254 g/mol. The van der Waals surface area contributed by atoms with Crippen LogP contribution in [-0.4, -0.2) is 12.1 Å². The SMILES string of the molecule is COc1ccc(C(=S)NCc2ccc(C)cc2)cc1. The Labute approximate surface area is 119 Å². The first-order valence-electron chi connectivity index (χ1n) is 6.17. The van der Waals surface area contributed by atoms with Crippen LogP contribution < -0.4 is 10.1 Å². The van der Waals surface area contributed by atoms with E-state index in [1.54, 1.807) is 7.11 Å². The van der Waals surface area contributed by atoms with Crippen molar-refractivity contribution < 1.29 is 4.74 Å². The molecule has 0 spiro atoms. The summed E-state index contributed by atoms with van der Waals surface area (Å²) in [4.78, 5) is 0.753. The minimum Gasteiger partial charge on any atom is -0.497 e. The van der Waals surface area contributed by atoms with Crippen molar-refractivity contribution in [2.45, 2.75) is 13.5 Å². The Balaban J connectivity index is 1.95. The topological polar surface area (TPSA) is 21.3 Å². The Morgan fingerprint density at radius 1 is 1.05 bits per heavy atom. The minimum absolute atomic E-state index is 0.741. The fourth-order valence-electron chi connectivity index (χ4n) is 1.73. The highest BCUT2D eigenvalue weighted by molar-refractivity contribution is 7.80. The number of hydrogen-bond acceptors (Lipinski definition) is 2. The summed E-state index contributed by atoms with van der Waals surface area (Å²) in [6.07, 6.45) is 0. The molecule has 0 unspecified atom stereocenters. The van der Waals surface area contributed by atoms with Crippen LogP contribution in [0.25, 0.3) is 0 Å². The fraction of sp³-hybridized carbons (Fsp3) is 0.188. The van der Waals surface area contributed by atoms with E-state index < -0.39 is 0 Å². The quantitative estimate of drug-likeness (QED) is 0.860. The molecule has 0 bridgehead atoms. The maximum absolute atomic E-state index is 5.37. The summed E-state index contributed by atoms with van der Waals surface area (Å²) in [6, 6.07) is 16.2. The molecule has 0 saturated heterocycles. The van der Waals surface area contributed by atoms with E-state index in [0.29, 0.717) is 0 Å². The monoisotopic (exact) mass is 271 g/mol. The van der Waals surface area contributed by atoms with E-state index in [1.807, 2.05) is 24.3 Å². The largest absolute Gasteiger partial charge is 0.497 e. The standard InChI is InChI=1S/C16H17NOS/c1-12-3-5-13(6-4-12)11-17-16(19)14-7-9-15(18-2)10-8-14/h3-10H,11H2,1-2H3,(H,17,19). The van der Waals surface area contributed by atoms with Crippen LogP contribution in [0.3, 0.4) is 0 Å². The summed E-state index contributed by atoms with van der Waals surface area (Å²) in [5.74, 6) is 0.838. The molecule has 2 nitrogen and oxygen atoms in total. The smallest absolute Gasteiger partial charge is 0.118 e. The third kappa shape index (κ3) is 3.80. The van der Waals surface area contributed by atoms with Gasteiger partial charge in [0, 0.05) is 12.1 Å². The molecule has 0 heterocycles. The molecule has 0 radical (unpaired) electrons. The first-order valence-corrected chi connectivity index (χ1v) is 6.57. The zero-order valence-corrected chi connectivity index (χ0v) is 12.0. The lowest BCUT2D eigenvalue weighted by Gasteiger charge is -2.09. The Hall–Kier alpha value is -1.87. The summed E-state index contributed by atoms with van der Waals surface area (Å²) in [5, 5.41) is 3.26. The van der Waals surface area contributed by atoms with Crippen LogP contribution in [-0.2, 0) is 6.54 Å². The summed E-state index contributed by atoms with van der Waals surface area (Å²) >= 11 is 5.37. The lowest BCUT2D eigenvalue weighted by Crippen LogP contribution is -2.21. The first-order chi connectivity index (χ1) is 9.19. The molecule has 2 aromatic rings. The van der Waals surface area contributed by atoms with Crippen molar-refractivity contribution in [1.82, 2.24) is 5.32 Å². The second-order valence-electron chi connectivity index (χ2n) is 4.40. The highest BCUT2D eigenvalue weighted by atomic mass is 32.1. The van der Waals surface area contributed by atoms with E-state index in [2.05, 4.69) is 36.5 Å². The van der Waals surface area contributed by atoms with Gasteiger partial charge in [0.25, 0.3) is 0 Å². The van der Waals surface area contributed by atoms with Crippen molar-refractivity contribution >= 4 is 17.2 Å². The van der Waals surface area contributed by atoms with Gasteiger partial charge in [-0.1, -0.05) is 42.0 Å². The van der Waals surface area contributed by atoms with Crippen molar-refractivity contribution in [1.29, 1.82) is 0 Å². The van der Waals surface area contributed by atoms with Gasteiger partial charge in [-0.3, -0.25) is 0 Å². The van der Waals surface area contributed by atoms with Crippen LogP contribution in [0.15, 0.2) is 48.5 Å². The molecule has 2 rings (SSSR count). The van der Waals surface area contributed by atoms with Crippen LogP contribution in [0.1, 0.15) is 16.7 Å². The third-order valence-corrected chi connectivity index (χ3v) is 3.31. The molecule has 0 fully saturated rings. The van der Waals surface area contributed by atoms with Gasteiger partial charge in [-0.15, -0.1) is 0 Å². The van der Waals surface area contributed by atoms with Gasteiger partial charge in [-0.25, -0.2) is 0 Å². The van der Waals surface area contributed by atoms with Gasteiger partial charge in [0.1, 0.15) is 10.7 Å². The Bertz CT molecular complexity index is 546. The normalized spacial score (nSPS) is 10.0. The number of benzene rings is 2. The number of hydrogen-bond donors (Lipinski definition) is 1. The Morgan fingerprint density at radius 2 is 1.68 bits per heavy atom. The van der Waals surface area contributed by atoms with Crippen molar-refractivity contribution in [3.8, 4) is 5.75 Å². The number of methoxy groups -OCH3 is 1. The van der Waals surface area contributed by atoms with Crippen molar-refractivity contribution in [3.05, 3.63) is 65.2 Å². The van der Waals surface area contributed by atoms with Gasteiger partial charge < -0.3 is 10.1 Å². The van der Waals surface area contributed by atoms with Crippen molar-refractivity contribution in [2.24, 2.45) is 0 Å². The maximum atomic E-state index is 5.37. The van der Waals surface area contributed by atoms with E-state index in [4.69, 9.17) is 17.0 Å². The summed E-state index contributed by atoms with van der Waals surface area (Å²) < 4.78 is 5.13. The van der Waals surface area contributed by atoms with Gasteiger partial charge in [0.15, 0.2) is 0 Å². The van der Waals surface area contributed by atoms with Gasteiger partial charge in [0.05, 0.1) is 7.11 Å². The number of ether oxygens (including phenoxy) is 1. The first kappa shape index (κ1) is 13.6. The highest BCUT2D eigenvalue weighted by Crippen LogP contribution is 2.12. The Morgan fingerprint density at radius 3 is 2.26 bits per heavy atom. The maximum Gasteiger partial charge on any atom is 0.118 e. The van der Waals surface area contributed by atoms with Crippen LogP contribution in [0.2, 0.25) is 0 Å². The average Bonchev–Trinajstić information content (AvgIpc) is 2.46. The molecule has 0 aliphatic rings. The molecule has 2 aromatic carbocycles. The van der Waals surface area contributed by atoms with Crippen LogP contribution in [0.4, 0.5) is 0 Å². The van der Waals surface area contributed by atoms with Gasteiger partial charge in [-0.2, -0.15) is 0 Å². The average molecular weight is 271 g/mol. The molecule has 0 atom stereocenters. The Kier molecular flexibility index (Phi) is 4.53. The molecule has 0 amide bonds. The molecule has 0 aromatic heterocycles. The van der Waals surface area contributed by atoms with E-state index in [9.17, 15) is 0 Å². The second-order valence-corrected chi connectivity index (χ2v) is 4.81. The zero-order valence-electron chi connectivity index (χ0n) is 11.1. The van der Waals surface area contributed by atoms with E-state index in [1.165, 1.54) is 11.1 Å². The summed E-state index contributed by atoms with van der Waals surface area (Å²) in [6.45, 7) is 2.82. The molecule has 1 N–H and O–H groups in total. The number of aryl methyl sites for hydroxylation is 1. The zero-order chi connectivity index (χ0) is 13.7. The molecule has 0 saturated carbocycles. The number of thiocarbonyl (C=S) groups is 1. The lowest BCUT2D eigenvalue weighted by atomic mass is 10.1. The summed E-state index contributed by atoms with van der Waals surface area (Å²) in [5.41, 5.74) is 3.49. The third-order valence-electron chi connectivity index (χ3n) is 2.93. The highest BCUT2D eigenvalue weighted by Gasteiger charge is 2.01. The van der Waals surface area contributed by atoms with Gasteiger partial charge in [0.2, 0.25) is 0 Å². The van der Waals surface area contributed by atoms with Crippen LogP contribution >= 0.6 is 12.2 Å². The van der Waals surface area contributed by atoms with Crippen LogP contribution in [0.5, 0.6) is 5.75 Å². The minimum atomic E-state index is 0.741. The summed E-state index contributed by atoms with van der Waals surface area (Å²) in [7, 11) is 1.66. The molecule has 3 heteroatoms. The van der Waals surface area contributed by atoms with E-state index in [-0.39, 0.29) is 0 Å². The molecular formula is C16H17NOS. The fourth-order valence-corrected chi connectivity index (χ4v) is 1.94. The second kappa shape index (κ2) is 6.34. The van der Waals surface area contributed by atoms with E-state index >= 15 is 0 Å². The molecule has 19 heavy (non-hydrogen) atoms. The van der Waals surface area contributed by atoms with Gasteiger partial charge >= 0.3 is 0 Å². The molecule has 0 aliphatic heterocycles. The van der Waals surface area contributed by atoms with Crippen molar-refractivity contribution in [3.63, 3.8) is 0 Å². The number of rotatable bonds is 4.